The van der Waals surface area contributed by atoms with Crippen LogP contribution in [0.5, 0.6) is 0 Å². The van der Waals surface area contributed by atoms with Gasteiger partial charge in [0.15, 0.2) is 0 Å². The van der Waals surface area contributed by atoms with E-state index in [1.54, 1.807) is 37.6 Å². The van der Waals surface area contributed by atoms with Gasteiger partial charge in [0.1, 0.15) is 5.60 Å². The van der Waals surface area contributed by atoms with Crippen LogP contribution in [0.3, 0.4) is 0 Å². The number of thioether (sulfide) groups is 1. The van der Waals surface area contributed by atoms with E-state index in [4.69, 9.17) is 9.57 Å². The van der Waals surface area contributed by atoms with E-state index in [-0.39, 0.29) is 17.6 Å². The summed E-state index contributed by atoms with van der Waals surface area (Å²) in [6.45, 7) is 6.51. The minimum Gasteiger partial charge on any atom is -0.427 e. The molecule has 0 radical (unpaired) electrons. The summed E-state index contributed by atoms with van der Waals surface area (Å²) in [7, 11) is 0. The Labute approximate surface area is 141 Å². The fourth-order valence-corrected chi connectivity index (χ4v) is 3.27. The van der Waals surface area contributed by atoms with Gasteiger partial charge in [0.25, 0.3) is 0 Å². The van der Waals surface area contributed by atoms with Crippen molar-refractivity contribution in [2.24, 2.45) is 0 Å². The second-order valence-corrected chi connectivity index (χ2v) is 8.02. The fraction of sp³-hybridized carbons (Fsp3) is 0.867. The van der Waals surface area contributed by atoms with Crippen molar-refractivity contribution < 1.29 is 19.2 Å². The van der Waals surface area contributed by atoms with Crippen molar-refractivity contribution in [2.45, 2.75) is 57.3 Å². The average molecular weight is 345 g/mol. The molecule has 1 spiro atoms. The number of nitrogens with zero attached hydrogens (tertiary/aromatic N) is 1. The Bertz CT molecular complexity index is 444. The molecule has 132 valence electrons. The number of nitrogens with one attached hydrogen (secondary N) is 2. The molecular formula is C15H27N3O4S. The highest BCUT2D eigenvalue weighted by molar-refractivity contribution is 7.98. The number of hydrogen-bond donors (Lipinski definition) is 2. The van der Waals surface area contributed by atoms with Gasteiger partial charge in [-0.25, -0.2) is 4.79 Å². The summed E-state index contributed by atoms with van der Waals surface area (Å²) in [5.74, 6) is 1.02. The summed E-state index contributed by atoms with van der Waals surface area (Å²) in [5.41, 5.74) is -0.937. The Hall–Kier alpha value is -0.990. The Kier molecular flexibility index (Phi) is 5.80. The quantitative estimate of drug-likeness (QED) is 0.747. The lowest BCUT2D eigenvalue weighted by atomic mass is 9.99. The molecule has 0 aromatic heterocycles. The third-order valence-corrected chi connectivity index (χ3v) is 4.55. The van der Waals surface area contributed by atoms with Crippen LogP contribution in [0.15, 0.2) is 0 Å². The first-order valence-electron chi connectivity index (χ1n) is 7.98. The summed E-state index contributed by atoms with van der Waals surface area (Å²) in [6, 6.07) is -0.124. The highest BCUT2D eigenvalue weighted by Gasteiger charge is 2.45. The zero-order valence-electron chi connectivity index (χ0n) is 14.3. The van der Waals surface area contributed by atoms with Gasteiger partial charge in [0, 0.05) is 13.1 Å². The maximum absolute atomic E-state index is 12.1. The molecule has 0 bridgehead atoms. The van der Waals surface area contributed by atoms with Gasteiger partial charge in [-0.3, -0.25) is 10.1 Å². The first-order valence-corrected chi connectivity index (χ1v) is 9.37. The van der Waals surface area contributed by atoms with Crippen LogP contribution in [0, 0.1) is 0 Å². The van der Waals surface area contributed by atoms with Gasteiger partial charge in [0.2, 0.25) is 5.91 Å². The van der Waals surface area contributed by atoms with E-state index in [0.717, 1.165) is 12.2 Å². The van der Waals surface area contributed by atoms with Crippen LogP contribution >= 0.6 is 11.8 Å². The Morgan fingerprint density at radius 2 is 2.04 bits per heavy atom. The minimum absolute atomic E-state index is 0.0700. The van der Waals surface area contributed by atoms with Crippen LogP contribution < -0.4 is 10.6 Å². The molecular weight excluding hydrogens is 318 g/mol. The highest BCUT2D eigenvalue weighted by Crippen LogP contribution is 2.26. The molecule has 2 heterocycles. The number of ether oxygens (including phenoxy) is 1. The number of carbonyl (C=O) groups is 2. The van der Waals surface area contributed by atoms with Crippen LogP contribution in [0.1, 0.15) is 40.0 Å². The van der Waals surface area contributed by atoms with Gasteiger partial charge < -0.3 is 14.9 Å². The van der Waals surface area contributed by atoms with Crippen molar-refractivity contribution >= 4 is 23.8 Å². The first kappa shape index (κ1) is 18.4. The van der Waals surface area contributed by atoms with E-state index in [9.17, 15) is 9.59 Å². The van der Waals surface area contributed by atoms with Crippen LogP contribution in [-0.4, -0.2) is 59.5 Å². The van der Waals surface area contributed by atoms with Crippen molar-refractivity contribution in [2.75, 3.05) is 25.1 Å². The van der Waals surface area contributed by atoms with E-state index in [1.165, 1.54) is 0 Å². The predicted molar refractivity (Wildman–Crippen MR) is 88.9 cm³/mol. The maximum atomic E-state index is 12.1. The second-order valence-electron chi connectivity index (χ2n) is 7.03. The number of piperidine rings is 1. The number of hydrogen-bond acceptors (Lipinski definition) is 7. The number of amides is 1. The summed E-state index contributed by atoms with van der Waals surface area (Å²) >= 11 is 1.74. The summed E-state index contributed by atoms with van der Waals surface area (Å²) in [4.78, 5) is 29.0. The molecule has 0 aromatic carbocycles. The normalized spacial score (nSPS) is 24.5. The smallest absolute Gasteiger partial charge is 0.427 e. The molecule has 1 amide bonds. The number of hydroxylamine groups is 2. The minimum atomic E-state index is -0.685. The van der Waals surface area contributed by atoms with Gasteiger partial charge in [-0.1, -0.05) is 0 Å². The van der Waals surface area contributed by atoms with E-state index in [0.29, 0.717) is 25.9 Å². The fourth-order valence-electron chi connectivity index (χ4n) is 2.80. The van der Waals surface area contributed by atoms with Gasteiger partial charge in [-0.15, -0.1) is 5.06 Å². The molecule has 0 saturated carbocycles. The molecule has 7 nitrogen and oxygen atoms in total. The van der Waals surface area contributed by atoms with Crippen molar-refractivity contribution in [1.29, 1.82) is 0 Å². The monoisotopic (exact) mass is 345 g/mol. The zero-order chi connectivity index (χ0) is 17.1. The van der Waals surface area contributed by atoms with Crippen molar-refractivity contribution in [3.8, 4) is 0 Å². The van der Waals surface area contributed by atoms with Crippen LogP contribution in [0.2, 0.25) is 0 Å². The predicted octanol–water partition coefficient (Wildman–Crippen LogP) is 1.49. The molecule has 2 rings (SSSR count). The molecule has 2 fully saturated rings. The first-order chi connectivity index (χ1) is 10.7. The highest BCUT2D eigenvalue weighted by atomic mass is 32.2. The van der Waals surface area contributed by atoms with Crippen molar-refractivity contribution in [3.63, 3.8) is 0 Å². The van der Waals surface area contributed by atoms with Crippen LogP contribution in [0.4, 0.5) is 4.79 Å². The van der Waals surface area contributed by atoms with E-state index in [2.05, 4.69) is 10.6 Å². The summed E-state index contributed by atoms with van der Waals surface area (Å²) in [5, 5.41) is 8.11. The van der Waals surface area contributed by atoms with E-state index < -0.39 is 11.8 Å². The third-order valence-electron chi connectivity index (χ3n) is 3.91. The standard InChI is InChI=1S/C15H27N3O4S/c1-14(2,3)21-13(20)22-18-8-6-15(7-9-18)16-11(5-10-23-4)12(19)17-15/h11,16H,5-10H2,1-4H3,(H,17,19)/t11-/m0/s1. The maximum Gasteiger partial charge on any atom is 0.528 e. The lowest BCUT2D eigenvalue weighted by Gasteiger charge is -2.38. The zero-order valence-corrected chi connectivity index (χ0v) is 15.1. The topological polar surface area (TPSA) is 79.9 Å². The molecule has 0 aromatic rings. The molecule has 0 aliphatic carbocycles. The van der Waals surface area contributed by atoms with Gasteiger partial charge in [-0.05, 0) is 52.0 Å². The molecule has 0 unspecified atom stereocenters. The molecule has 8 heteroatoms. The van der Waals surface area contributed by atoms with Gasteiger partial charge >= 0.3 is 6.16 Å². The average Bonchev–Trinajstić information content (AvgIpc) is 2.73. The third kappa shape index (κ3) is 5.26. The van der Waals surface area contributed by atoms with Gasteiger partial charge in [0.05, 0.1) is 11.7 Å². The van der Waals surface area contributed by atoms with Crippen molar-refractivity contribution in [3.05, 3.63) is 0 Å². The van der Waals surface area contributed by atoms with Gasteiger partial charge in [-0.2, -0.15) is 11.8 Å². The molecule has 2 aliphatic rings. The Morgan fingerprint density at radius 1 is 1.39 bits per heavy atom. The van der Waals surface area contributed by atoms with E-state index >= 15 is 0 Å². The lowest BCUT2D eigenvalue weighted by Crippen LogP contribution is -2.57. The molecule has 2 saturated heterocycles. The number of carbonyl (C=O) groups excluding carboxylic acids is 2. The SMILES string of the molecule is CSCC[C@@H]1NC2(CCN(OC(=O)OC(C)(C)C)CC2)NC1=O. The Balaban J connectivity index is 1.80. The van der Waals surface area contributed by atoms with Crippen LogP contribution in [-0.2, 0) is 14.4 Å². The number of rotatable bonds is 4. The lowest BCUT2D eigenvalue weighted by molar-refractivity contribution is -0.160. The largest absolute Gasteiger partial charge is 0.528 e. The molecule has 1 atom stereocenters. The van der Waals surface area contributed by atoms with Crippen LogP contribution in [0.25, 0.3) is 0 Å². The molecule has 2 N–H and O–H groups in total. The molecule has 23 heavy (non-hydrogen) atoms. The summed E-state index contributed by atoms with van der Waals surface area (Å²) in [6.07, 6.45) is 3.56. The van der Waals surface area contributed by atoms with Crippen molar-refractivity contribution in [1.82, 2.24) is 15.7 Å². The second kappa shape index (κ2) is 7.27. The Morgan fingerprint density at radius 3 is 2.61 bits per heavy atom. The summed E-state index contributed by atoms with van der Waals surface area (Å²) < 4.78 is 5.15. The van der Waals surface area contributed by atoms with E-state index in [1.807, 2.05) is 6.26 Å². The molecule has 2 aliphatic heterocycles.